The first-order valence-electron chi connectivity index (χ1n) is 22.2. The van der Waals surface area contributed by atoms with Crippen LogP contribution in [-0.2, 0) is 6.42 Å². The van der Waals surface area contributed by atoms with E-state index in [1.807, 2.05) is 61.5 Å². The molecule has 1 aliphatic carbocycles. The van der Waals surface area contributed by atoms with Gasteiger partial charge in [-0.3, -0.25) is 9.98 Å². The van der Waals surface area contributed by atoms with Crippen LogP contribution in [0.25, 0.3) is 5.57 Å². The van der Waals surface area contributed by atoms with E-state index in [1.165, 1.54) is 86.3 Å². The van der Waals surface area contributed by atoms with Crippen molar-refractivity contribution in [2.24, 2.45) is 15.7 Å². The van der Waals surface area contributed by atoms with E-state index in [9.17, 15) is 0 Å². The molecule has 2 N–H and O–H groups in total. The van der Waals surface area contributed by atoms with Crippen LogP contribution < -0.4 is 5.73 Å². The molecule has 1 aromatic rings. The summed E-state index contributed by atoms with van der Waals surface area (Å²) in [5, 5.41) is 0. The highest BCUT2D eigenvalue weighted by atomic mass is 15.1. The molecule has 4 nitrogen and oxygen atoms in total. The highest BCUT2D eigenvalue weighted by molar-refractivity contribution is 5.99. The van der Waals surface area contributed by atoms with Crippen LogP contribution in [0.2, 0.25) is 0 Å². The zero-order valence-electron chi connectivity index (χ0n) is 40.7. The van der Waals surface area contributed by atoms with Crippen molar-refractivity contribution in [3.05, 3.63) is 77.2 Å². The molecular weight excluding hydrogens is 657 g/mol. The predicted molar refractivity (Wildman–Crippen MR) is 260 cm³/mol. The summed E-state index contributed by atoms with van der Waals surface area (Å²) in [6, 6.07) is 6.95. The summed E-state index contributed by atoms with van der Waals surface area (Å²) in [6.45, 7) is 53.2. The van der Waals surface area contributed by atoms with Crippen LogP contribution in [0.1, 0.15) is 206 Å². The number of hydrogen-bond acceptors (Lipinski definition) is 4. The summed E-state index contributed by atoms with van der Waals surface area (Å²) in [7, 11) is 1.50. The van der Waals surface area contributed by atoms with Gasteiger partial charge in [-0.15, -0.1) is 0 Å². The Bertz CT molecular complexity index is 1020. The number of aliphatic imine (C=N–C) groups is 2. The number of hydrogen-bond donors (Lipinski definition) is 1. The van der Waals surface area contributed by atoms with Gasteiger partial charge in [0.05, 0.1) is 0 Å². The van der Waals surface area contributed by atoms with E-state index in [2.05, 4.69) is 141 Å². The third-order valence-corrected chi connectivity index (χ3v) is 7.47. The van der Waals surface area contributed by atoms with Gasteiger partial charge < -0.3 is 10.6 Å². The van der Waals surface area contributed by atoms with Gasteiger partial charge in [0.1, 0.15) is 0 Å². The Hall–Kier alpha value is -2.72. The van der Waals surface area contributed by atoms with Gasteiger partial charge >= 0.3 is 0 Å². The molecule has 1 aliphatic rings. The van der Waals surface area contributed by atoms with Crippen LogP contribution in [0.15, 0.2) is 70.5 Å². The molecule has 0 radical (unpaired) electrons. The van der Waals surface area contributed by atoms with Crippen molar-refractivity contribution >= 4 is 18.0 Å². The van der Waals surface area contributed by atoms with Gasteiger partial charge in [-0.25, -0.2) is 0 Å². The number of aryl methyl sites for hydroxylation is 2. The van der Waals surface area contributed by atoms with Crippen molar-refractivity contribution in [3.63, 3.8) is 0 Å². The largest absolute Gasteiger partial charge is 0.372 e. The second-order valence-electron chi connectivity index (χ2n) is 11.9. The summed E-state index contributed by atoms with van der Waals surface area (Å²) in [4.78, 5) is 11.0. The smallest absolute Gasteiger partial charge is 0.0446 e. The number of nitrogens with two attached hydrogens (primary N) is 1. The molecule has 0 amide bonds. The van der Waals surface area contributed by atoms with E-state index in [4.69, 9.17) is 0 Å². The zero-order valence-corrected chi connectivity index (χ0v) is 40.7. The Labute approximate surface area is 343 Å². The second kappa shape index (κ2) is 54.6. The molecule has 0 aliphatic heterocycles. The maximum absolute atomic E-state index is 4.58. The monoisotopic (exact) mass is 757 g/mol. The average molecular weight is 757 g/mol. The number of fused-ring (bicyclic) bond motifs is 1. The van der Waals surface area contributed by atoms with Gasteiger partial charge in [0.2, 0.25) is 0 Å². The molecule has 0 spiro atoms. The number of nitrogens with zero attached hydrogens (tertiary/aromatic N) is 3. The van der Waals surface area contributed by atoms with Crippen molar-refractivity contribution in [1.82, 2.24) is 4.90 Å². The van der Waals surface area contributed by atoms with Crippen molar-refractivity contribution in [1.29, 1.82) is 0 Å². The summed E-state index contributed by atoms with van der Waals surface area (Å²) in [6.07, 6.45) is 17.6. The SMILES string of the molecule is C=CC(=C)N(CCC)CCC.C=N/C(CC)=C(/CCC)C(C)=NC(C)C.CC.CC.CC.CC.CC1=CCCc2cccc(C)c21.CCCCCC.CN. The lowest BCUT2D eigenvalue weighted by Crippen LogP contribution is -2.23. The van der Waals surface area contributed by atoms with E-state index in [0.29, 0.717) is 6.04 Å². The number of benzene rings is 1. The molecule has 54 heavy (non-hydrogen) atoms. The summed E-state index contributed by atoms with van der Waals surface area (Å²) in [5.41, 5.74) is 14.9. The number of unbranched alkanes of at least 4 members (excludes halogenated alkanes) is 3. The molecule has 0 fully saturated rings. The van der Waals surface area contributed by atoms with Crippen molar-refractivity contribution in [2.75, 3.05) is 20.1 Å². The van der Waals surface area contributed by atoms with Crippen molar-refractivity contribution in [2.45, 2.75) is 208 Å². The average Bonchev–Trinajstić information content (AvgIpc) is 3.21. The predicted octanol–water partition coefficient (Wildman–Crippen LogP) is 16.4. The molecule has 0 heterocycles. The molecule has 0 atom stereocenters. The third kappa shape index (κ3) is 37.6. The maximum atomic E-state index is 4.58. The Morgan fingerprint density at radius 1 is 0.815 bits per heavy atom. The van der Waals surface area contributed by atoms with E-state index in [1.54, 1.807) is 0 Å². The first kappa shape index (κ1) is 66.1. The first-order chi connectivity index (χ1) is 26.0. The fourth-order valence-electron chi connectivity index (χ4n) is 5.29. The van der Waals surface area contributed by atoms with Gasteiger partial charge in [0.15, 0.2) is 0 Å². The van der Waals surface area contributed by atoms with E-state index < -0.39 is 0 Å². The molecular formula is C50H100N4. The zero-order chi connectivity index (χ0) is 43.9. The normalized spacial score (nSPS) is 10.8. The molecule has 0 saturated carbocycles. The lowest BCUT2D eigenvalue weighted by Gasteiger charge is -2.23. The highest BCUT2D eigenvalue weighted by Crippen LogP contribution is 2.28. The standard InChI is InChI=1S/C13H24N2.C12H14.C10H19N.C6H14.4C2H6.CH5N/c1-7-9-12(13(8-2)14-6)11(5)15-10(3)4;1-9-5-3-7-11-8-4-6-10(2)12(9)11;1-5-8-11(9-6-2)10(4)7-3;1-3-5-6-4-2;5*1-2/h10H,6-9H2,1-5H3;3,5-7H,4,8H2,1-2H3;7H,3-6,8-9H2,1-2H3;3-6H2,1-2H3;4*1-2H3;2H2,1H3/b13-12-,15-11?;;;;;;;;. The minimum absolute atomic E-state index is 0.347. The lowest BCUT2D eigenvalue weighted by atomic mass is 9.89. The van der Waals surface area contributed by atoms with Crippen LogP contribution in [0.3, 0.4) is 0 Å². The molecule has 320 valence electrons. The van der Waals surface area contributed by atoms with Crippen LogP contribution in [0.5, 0.6) is 0 Å². The van der Waals surface area contributed by atoms with Gasteiger partial charge in [-0.2, -0.15) is 0 Å². The Balaban J connectivity index is -0.000000104. The van der Waals surface area contributed by atoms with Crippen LogP contribution in [0.4, 0.5) is 0 Å². The van der Waals surface area contributed by atoms with Crippen LogP contribution >= 0.6 is 0 Å². The number of rotatable bonds is 15. The van der Waals surface area contributed by atoms with Crippen LogP contribution in [-0.4, -0.2) is 43.5 Å². The van der Waals surface area contributed by atoms with Gasteiger partial charge in [0, 0.05) is 36.2 Å². The van der Waals surface area contributed by atoms with E-state index in [-0.39, 0.29) is 0 Å². The van der Waals surface area contributed by atoms with Crippen LogP contribution in [0, 0.1) is 6.92 Å². The minimum atomic E-state index is 0.347. The Morgan fingerprint density at radius 3 is 1.63 bits per heavy atom. The fraction of sp³-hybridized carbons (Fsp3) is 0.680. The molecule has 0 bridgehead atoms. The summed E-state index contributed by atoms with van der Waals surface area (Å²) < 4.78 is 0. The maximum Gasteiger partial charge on any atom is 0.0446 e. The topological polar surface area (TPSA) is 54.0 Å². The highest BCUT2D eigenvalue weighted by Gasteiger charge is 2.10. The van der Waals surface area contributed by atoms with Gasteiger partial charge in [0.25, 0.3) is 0 Å². The quantitative estimate of drug-likeness (QED) is 0.110. The second-order valence-corrected chi connectivity index (χ2v) is 11.9. The fourth-order valence-corrected chi connectivity index (χ4v) is 5.29. The molecule has 2 rings (SSSR count). The molecule has 4 heteroatoms. The van der Waals surface area contributed by atoms with Gasteiger partial charge in [-0.05, 0) is 121 Å². The minimum Gasteiger partial charge on any atom is -0.372 e. The Morgan fingerprint density at radius 2 is 1.30 bits per heavy atom. The molecule has 0 unspecified atom stereocenters. The van der Waals surface area contributed by atoms with Crippen molar-refractivity contribution in [3.8, 4) is 0 Å². The first-order valence-corrected chi connectivity index (χ1v) is 22.2. The molecule has 0 saturated heterocycles. The Kier molecular flexibility index (Phi) is 66.9. The third-order valence-electron chi connectivity index (χ3n) is 7.47. The summed E-state index contributed by atoms with van der Waals surface area (Å²) in [5.74, 6) is 0. The van der Waals surface area contributed by atoms with E-state index in [0.717, 1.165) is 49.5 Å². The van der Waals surface area contributed by atoms with Crippen molar-refractivity contribution < 1.29 is 0 Å². The molecule has 1 aromatic carbocycles. The lowest BCUT2D eigenvalue weighted by molar-refractivity contribution is 0.356. The molecule has 0 aromatic heterocycles. The number of allylic oxidation sites excluding steroid dienone is 5. The summed E-state index contributed by atoms with van der Waals surface area (Å²) >= 11 is 0. The van der Waals surface area contributed by atoms with Gasteiger partial charge in [-0.1, -0.05) is 166 Å². The van der Waals surface area contributed by atoms with E-state index >= 15 is 0 Å².